The van der Waals surface area contributed by atoms with Crippen LogP contribution >= 0.6 is 15.9 Å². The van der Waals surface area contributed by atoms with E-state index in [2.05, 4.69) is 15.9 Å². The standard InChI is InChI=1S/C14H11BrFNO2/c15-10-6-4-9(5-7-10)8-19-14(18)11-2-1-3-12(16)13(11)17/h1-7H,8,17H2. The van der Waals surface area contributed by atoms with Crippen LogP contribution in [0.5, 0.6) is 0 Å². The Kier molecular flexibility index (Phi) is 4.16. The van der Waals surface area contributed by atoms with Crippen molar-refractivity contribution in [1.82, 2.24) is 0 Å². The Morgan fingerprint density at radius 1 is 1.21 bits per heavy atom. The van der Waals surface area contributed by atoms with Crippen molar-refractivity contribution in [2.45, 2.75) is 6.61 Å². The summed E-state index contributed by atoms with van der Waals surface area (Å²) >= 11 is 3.31. The number of ether oxygens (including phenoxy) is 1. The van der Waals surface area contributed by atoms with Crippen LogP contribution in [0.15, 0.2) is 46.9 Å². The number of rotatable bonds is 3. The molecule has 2 N–H and O–H groups in total. The van der Waals surface area contributed by atoms with Crippen molar-refractivity contribution in [2.24, 2.45) is 0 Å². The van der Waals surface area contributed by atoms with Crippen LogP contribution in [0.3, 0.4) is 0 Å². The number of halogens is 2. The van der Waals surface area contributed by atoms with Crippen LogP contribution in [0.25, 0.3) is 0 Å². The van der Waals surface area contributed by atoms with Gasteiger partial charge >= 0.3 is 5.97 Å². The molecule has 0 aliphatic rings. The van der Waals surface area contributed by atoms with Crippen molar-refractivity contribution in [2.75, 3.05) is 5.73 Å². The quantitative estimate of drug-likeness (QED) is 0.694. The zero-order chi connectivity index (χ0) is 13.8. The molecule has 98 valence electrons. The fourth-order valence-electron chi connectivity index (χ4n) is 1.52. The molecule has 0 aromatic heterocycles. The van der Waals surface area contributed by atoms with E-state index in [4.69, 9.17) is 10.5 Å². The molecule has 0 saturated carbocycles. The van der Waals surface area contributed by atoms with E-state index in [0.717, 1.165) is 10.0 Å². The van der Waals surface area contributed by atoms with Crippen LogP contribution in [0.1, 0.15) is 15.9 Å². The molecule has 0 fully saturated rings. The second-order valence-electron chi connectivity index (χ2n) is 3.90. The van der Waals surface area contributed by atoms with Crippen molar-refractivity contribution in [3.05, 3.63) is 63.9 Å². The lowest BCUT2D eigenvalue weighted by Crippen LogP contribution is -2.09. The molecular weight excluding hydrogens is 313 g/mol. The number of anilines is 1. The maximum absolute atomic E-state index is 13.2. The zero-order valence-electron chi connectivity index (χ0n) is 9.90. The van der Waals surface area contributed by atoms with E-state index in [9.17, 15) is 9.18 Å². The highest BCUT2D eigenvalue weighted by molar-refractivity contribution is 9.10. The number of benzene rings is 2. The van der Waals surface area contributed by atoms with Gasteiger partial charge in [-0.1, -0.05) is 34.1 Å². The van der Waals surface area contributed by atoms with E-state index in [1.165, 1.54) is 18.2 Å². The predicted octanol–water partition coefficient (Wildman–Crippen LogP) is 3.53. The fourth-order valence-corrected chi connectivity index (χ4v) is 1.79. The lowest BCUT2D eigenvalue weighted by atomic mass is 10.2. The number of para-hydroxylation sites is 1. The van der Waals surface area contributed by atoms with Crippen molar-refractivity contribution >= 4 is 27.6 Å². The summed E-state index contributed by atoms with van der Waals surface area (Å²) in [5.41, 5.74) is 6.18. The first-order chi connectivity index (χ1) is 9.08. The Balaban J connectivity index is 2.05. The van der Waals surface area contributed by atoms with Gasteiger partial charge < -0.3 is 10.5 Å². The van der Waals surface area contributed by atoms with Gasteiger partial charge in [-0.25, -0.2) is 9.18 Å². The predicted molar refractivity (Wildman–Crippen MR) is 74.1 cm³/mol. The zero-order valence-corrected chi connectivity index (χ0v) is 11.5. The van der Waals surface area contributed by atoms with Crippen molar-refractivity contribution in [3.63, 3.8) is 0 Å². The van der Waals surface area contributed by atoms with E-state index < -0.39 is 11.8 Å². The van der Waals surface area contributed by atoms with Gasteiger partial charge in [-0.15, -0.1) is 0 Å². The van der Waals surface area contributed by atoms with Gasteiger partial charge in [0.1, 0.15) is 12.4 Å². The fraction of sp³-hybridized carbons (Fsp3) is 0.0714. The van der Waals surface area contributed by atoms with Gasteiger partial charge in [0.2, 0.25) is 0 Å². The summed E-state index contributed by atoms with van der Waals surface area (Å²) in [6.45, 7) is 0.113. The molecule has 0 aliphatic heterocycles. The molecule has 0 heterocycles. The van der Waals surface area contributed by atoms with E-state index in [1.54, 1.807) is 0 Å². The minimum absolute atomic E-state index is 0.0390. The molecule has 0 aliphatic carbocycles. The smallest absolute Gasteiger partial charge is 0.340 e. The second-order valence-corrected chi connectivity index (χ2v) is 4.82. The molecule has 0 atom stereocenters. The minimum atomic E-state index is -0.639. The summed E-state index contributed by atoms with van der Waals surface area (Å²) < 4.78 is 19.2. The summed E-state index contributed by atoms with van der Waals surface area (Å²) in [4.78, 5) is 11.8. The third-order valence-corrected chi connectivity index (χ3v) is 3.08. The number of carbonyl (C=O) groups excluding carboxylic acids is 1. The van der Waals surface area contributed by atoms with Gasteiger partial charge in [-0.05, 0) is 29.8 Å². The van der Waals surface area contributed by atoms with Gasteiger partial charge in [0.15, 0.2) is 0 Å². The Bertz CT molecular complexity index is 599. The molecule has 2 rings (SSSR count). The first kappa shape index (κ1) is 13.5. The van der Waals surface area contributed by atoms with Crippen molar-refractivity contribution in [1.29, 1.82) is 0 Å². The molecule has 2 aromatic carbocycles. The number of nitrogen functional groups attached to an aromatic ring is 1. The topological polar surface area (TPSA) is 52.3 Å². The highest BCUT2D eigenvalue weighted by atomic mass is 79.9. The average Bonchev–Trinajstić information content (AvgIpc) is 2.41. The molecule has 0 amide bonds. The molecule has 19 heavy (non-hydrogen) atoms. The molecule has 3 nitrogen and oxygen atoms in total. The van der Waals surface area contributed by atoms with Crippen LogP contribution in [0.4, 0.5) is 10.1 Å². The van der Waals surface area contributed by atoms with Crippen LogP contribution in [0, 0.1) is 5.82 Å². The number of hydrogen-bond acceptors (Lipinski definition) is 3. The van der Waals surface area contributed by atoms with E-state index in [0.29, 0.717) is 0 Å². The molecular formula is C14H11BrFNO2. The summed E-state index contributed by atoms with van der Waals surface area (Å²) in [7, 11) is 0. The summed E-state index contributed by atoms with van der Waals surface area (Å²) in [5, 5.41) is 0. The maximum Gasteiger partial charge on any atom is 0.340 e. The Labute approximate surface area is 118 Å². The average molecular weight is 324 g/mol. The highest BCUT2D eigenvalue weighted by Crippen LogP contribution is 2.18. The SMILES string of the molecule is Nc1c(F)cccc1C(=O)OCc1ccc(Br)cc1. The lowest BCUT2D eigenvalue weighted by molar-refractivity contribution is 0.0473. The molecule has 0 unspecified atom stereocenters. The van der Waals surface area contributed by atoms with Crippen LogP contribution in [0.2, 0.25) is 0 Å². The first-order valence-corrected chi connectivity index (χ1v) is 6.33. The van der Waals surface area contributed by atoms with Gasteiger partial charge in [0, 0.05) is 4.47 Å². The first-order valence-electron chi connectivity index (χ1n) is 5.53. The molecule has 5 heteroatoms. The number of hydrogen-bond donors (Lipinski definition) is 1. The third-order valence-electron chi connectivity index (χ3n) is 2.56. The van der Waals surface area contributed by atoms with E-state index in [-0.39, 0.29) is 17.9 Å². The Morgan fingerprint density at radius 2 is 1.89 bits per heavy atom. The lowest BCUT2D eigenvalue weighted by Gasteiger charge is -2.07. The van der Waals surface area contributed by atoms with Crippen LogP contribution < -0.4 is 5.73 Å². The van der Waals surface area contributed by atoms with Crippen LogP contribution in [-0.4, -0.2) is 5.97 Å². The monoisotopic (exact) mass is 323 g/mol. The molecule has 0 saturated heterocycles. The summed E-state index contributed by atoms with van der Waals surface area (Å²) in [5.74, 6) is -1.27. The normalized spacial score (nSPS) is 10.2. The largest absolute Gasteiger partial charge is 0.457 e. The summed E-state index contributed by atoms with van der Waals surface area (Å²) in [6, 6.07) is 11.4. The maximum atomic E-state index is 13.2. The molecule has 0 bridgehead atoms. The minimum Gasteiger partial charge on any atom is -0.457 e. The van der Waals surface area contributed by atoms with E-state index in [1.807, 2.05) is 24.3 Å². The molecule has 0 spiro atoms. The van der Waals surface area contributed by atoms with Gasteiger partial charge in [-0.2, -0.15) is 0 Å². The van der Waals surface area contributed by atoms with Gasteiger partial charge in [0.05, 0.1) is 11.3 Å². The highest BCUT2D eigenvalue weighted by Gasteiger charge is 2.13. The second kappa shape index (κ2) is 5.84. The Morgan fingerprint density at radius 3 is 2.58 bits per heavy atom. The molecule has 0 radical (unpaired) electrons. The molecule has 2 aromatic rings. The van der Waals surface area contributed by atoms with Crippen LogP contribution in [-0.2, 0) is 11.3 Å². The van der Waals surface area contributed by atoms with E-state index >= 15 is 0 Å². The third kappa shape index (κ3) is 3.32. The number of nitrogens with two attached hydrogens (primary N) is 1. The Hall–Kier alpha value is -1.88. The summed E-state index contributed by atoms with van der Waals surface area (Å²) in [6.07, 6.45) is 0. The number of esters is 1. The van der Waals surface area contributed by atoms with Gasteiger partial charge in [-0.3, -0.25) is 0 Å². The van der Waals surface area contributed by atoms with Crippen molar-refractivity contribution in [3.8, 4) is 0 Å². The van der Waals surface area contributed by atoms with Gasteiger partial charge in [0.25, 0.3) is 0 Å². The number of carbonyl (C=O) groups is 1. The van der Waals surface area contributed by atoms with Crippen molar-refractivity contribution < 1.29 is 13.9 Å².